The van der Waals surface area contributed by atoms with Crippen molar-refractivity contribution in [1.29, 1.82) is 0 Å². The minimum atomic E-state index is -0.276. The van der Waals surface area contributed by atoms with E-state index in [2.05, 4.69) is 10.2 Å². The van der Waals surface area contributed by atoms with Crippen LogP contribution in [0.1, 0.15) is 39.5 Å². The van der Waals surface area contributed by atoms with Gasteiger partial charge in [-0.1, -0.05) is 0 Å². The molecule has 2 fully saturated rings. The molecule has 0 radical (unpaired) electrons. The molecule has 110 valence electrons. The molecule has 2 unspecified atom stereocenters. The van der Waals surface area contributed by atoms with Gasteiger partial charge >= 0.3 is 0 Å². The zero-order valence-electron chi connectivity index (χ0n) is 12.2. The number of rotatable bonds is 5. The predicted octanol–water partition coefficient (Wildman–Crippen LogP) is 0.483. The van der Waals surface area contributed by atoms with E-state index in [1.54, 1.807) is 0 Å². The molecule has 0 spiro atoms. The summed E-state index contributed by atoms with van der Waals surface area (Å²) in [5.74, 6) is 0.0747. The maximum Gasteiger partial charge on any atom is 0.220 e. The Kier molecular flexibility index (Phi) is 4.81. The number of fused-ring (bicyclic) bond motifs is 1. The monoisotopic (exact) mass is 269 g/mol. The third kappa shape index (κ3) is 4.75. The molecular weight excluding hydrogens is 242 g/mol. The number of nitrogens with zero attached hydrogens (tertiary/aromatic N) is 1. The SMILES string of the molecule is CC(C)(N)CCC(=O)NCC1CN2CCCC2CO1. The van der Waals surface area contributed by atoms with Gasteiger partial charge in [0.25, 0.3) is 0 Å². The Morgan fingerprint density at radius 1 is 1.53 bits per heavy atom. The van der Waals surface area contributed by atoms with Crippen molar-refractivity contribution in [2.75, 3.05) is 26.2 Å². The summed E-state index contributed by atoms with van der Waals surface area (Å²) < 4.78 is 5.81. The summed E-state index contributed by atoms with van der Waals surface area (Å²) in [6, 6.07) is 0.616. The van der Waals surface area contributed by atoms with Crippen LogP contribution in [0.3, 0.4) is 0 Å². The molecule has 1 amide bonds. The first kappa shape index (κ1) is 14.8. The van der Waals surface area contributed by atoms with Gasteiger partial charge in [0.05, 0.1) is 12.7 Å². The van der Waals surface area contributed by atoms with Crippen LogP contribution in [-0.4, -0.2) is 54.7 Å². The highest BCUT2D eigenvalue weighted by molar-refractivity contribution is 5.75. The number of nitrogens with two attached hydrogens (primary N) is 1. The van der Waals surface area contributed by atoms with E-state index >= 15 is 0 Å². The van der Waals surface area contributed by atoms with Gasteiger partial charge in [0, 0.05) is 31.1 Å². The van der Waals surface area contributed by atoms with E-state index in [4.69, 9.17) is 10.5 Å². The lowest BCUT2D eigenvalue weighted by atomic mass is 10.00. The number of hydrogen-bond acceptors (Lipinski definition) is 4. The Morgan fingerprint density at radius 2 is 2.32 bits per heavy atom. The van der Waals surface area contributed by atoms with Crippen molar-refractivity contribution >= 4 is 5.91 Å². The Balaban J connectivity index is 1.64. The first-order valence-electron chi connectivity index (χ1n) is 7.35. The summed E-state index contributed by atoms with van der Waals surface area (Å²) in [7, 11) is 0. The summed E-state index contributed by atoms with van der Waals surface area (Å²) in [5, 5.41) is 2.96. The first-order valence-corrected chi connectivity index (χ1v) is 7.35. The summed E-state index contributed by atoms with van der Waals surface area (Å²) in [6.45, 7) is 7.45. The number of carbonyl (C=O) groups excluding carboxylic acids is 1. The largest absolute Gasteiger partial charge is 0.373 e. The molecule has 2 atom stereocenters. The van der Waals surface area contributed by atoms with Crippen LogP contribution in [-0.2, 0) is 9.53 Å². The summed E-state index contributed by atoms with van der Waals surface area (Å²) >= 11 is 0. The van der Waals surface area contributed by atoms with E-state index < -0.39 is 0 Å². The third-order valence-electron chi connectivity index (χ3n) is 3.98. The fourth-order valence-corrected chi connectivity index (χ4v) is 2.76. The molecule has 3 N–H and O–H groups in total. The molecule has 2 rings (SSSR count). The van der Waals surface area contributed by atoms with Crippen molar-refractivity contribution in [2.24, 2.45) is 5.73 Å². The first-order chi connectivity index (χ1) is 8.94. The van der Waals surface area contributed by atoms with Gasteiger partial charge in [0.1, 0.15) is 0 Å². The Labute approximate surface area is 115 Å². The number of carbonyl (C=O) groups is 1. The molecular formula is C14H27N3O2. The number of morpholine rings is 1. The van der Waals surface area contributed by atoms with Gasteiger partial charge < -0.3 is 15.8 Å². The zero-order chi connectivity index (χ0) is 13.9. The fraction of sp³-hybridized carbons (Fsp3) is 0.929. The van der Waals surface area contributed by atoms with Crippen molar-refractivity contribution in [1.82, 2.24) is 10.2 Å². The van der Waals surface area contributed by atoms with E-state index in [1.807, 2.05) is 13.8 Å². The molecule has 2 aliphatic rings. The van der Waals surface area contributed by atoms with Crippen LogP contribution in [0.5, 0.6) is 0 Å². The Hall–Kier alpha value is -0.650. The standard InChI is InChI=1S/C14H27N3O2/c1-14(2,15)6-5-13(18)16-8-12-9-17-7-3-4-11(17)10-19-12/h11-12H,3-10,15H2,1-2H3,(H,16,18). The van der Waals surface area contributed by atoms with E-state index in [-0.39, 0.29) is 17.6 Å². The number of hydrogen-bond donors (Lipinski definition) is 2. The van der Waals surface area contributed by atoms with Gasteiger partial charge in [-0.3, -0.25) is 9.69 Å². The van der Waals surface area contributed by atoms with Crippen LogP contribution < -0.4 is 11.1 Å². The molecule has 0 aliphatic carbocycles. The van der Waals surface area contributed by atoms with E-state index in [9.17, 15) is 4.79 Å². The highest BCUT2D eigenvalue weighted by Gasteiger charge is 2.32. The number of ether oxygens (including phenoxy) is 1. The Morgan fingerprint density at radius 3 is 3.05 bits per heavy atom. The number of nitrogens with one attached hydrogen (secondary N) is 1. The maximum atomic E-state index is 11.7. The maximum absolute atomic E-state index is 11.7. The number of amides is 1. The van der Waals surface area contributed by atoms with Crippen LogP contribution >= 0.6 is 0 Å². The quantitative estimate of drug-likeness (QED) is 0.762. The Bertz CT molecular complexity index is 314. The topological polar surface area (TPSA) is 67.6 Å². The second-order valence-electron chi connectivity index (χ2n) is 6.54. The highest BCUT2D eigenvalue weighted by Crippen LogP contribution is 2.22. The van der Waals surface area contributed by atoms with E-state index in [0.717, 1.165) is 13.2 Å². The molecule has 0 aromatic carbocycles. The molecule has 2 heterocycles. The lowest BCUT2D eigenvalue weighted by Gasteiger charge is -2.35. The lowest BCUT2D eigenvalue weighted by Crippen LogP contribution is -2.50. The van der Waals surface area contributed by atoms with Crippen LogP contribution in [0, 0.1) is 0 Å². The molecule has 0 aromatic heterocycles. The average Bonchev–Trinajstić information content (AvgIpc) is 2.80. The van der Waals surface area contributed by atoms with Crippen LogP contribution in [0.15, 0.2) is 0 Å². The molecule has 5 heteroatoms. The minimum Gasteiger partial charge on any atom is -0.373 e. The highest BCUT2D eigenvalue weighted by atomic mass is 16.5. The van der Waals surface area contributed by atoms with Gasteiger partial charge in [-0.05, 0) is 39.7 Å². The lowest BCUT2D eigenvalue weighted by molar-refractivity contribution is -0.122. The van der Waals surface area contributed by atoms with Gasteiger partial charge in [-0.2, -0.15) is 0 Å². The molecule has 5 nitrogen and oxygen atoms in total. The van der Waals surface area contributed by atoms with Crippen molar-refractivity contribution in [2.45, 2.75) is 57.2 Å². The minimum absolute atomic E-state index is 0.0747. The van der Waals surface area contributed by atoms with Crippen molar-refractivity contribution in [3.05, 3.63) is 0 Å². The summed E-state index contributed by atoms with van der Waals surface area (Å²) in [5.41, 5.74) is 5.59. The van der Waals surface area contributed by atoms with Crippen molar-refractivity contribution in [3.8, 4) is 0 Å². The van der Waals surface area contributed by atoms with E-state index in [0.29, 0.717) is 25.4 Å². The molecule has 19 heavy (non-hydrogen) atoms. The van der Waals surface area contributed by atoms with Crippen molar-refractivity contribution in [3.63, 3.8) is 0 Å². The smallest absolute Gasteiger partial charge is 0.220 e. The normalized spacial score (nSPS) is 28.2. The molecule has 0 aromatic rings. The second-order valence-corrected chi connectivity index (χ2v) is 6.54. The molecule has 2 saturated heterocycles. The fourth-order valence-electron chi connectivity index (χ4n) is 2.76. The van der Waals surface area contributed by atoms with Crippen LogP contribution in [0.25, 0.3) is 0 Å². The third-order valence-corrected chi connectivity index (χ3v) is 3.98. The predicted molar refractivity (Wildman–Crippen MR) is 74.8 cm³/mol. The average molecular weight is 269 g/mol. The van der Waals surface area contributed by atoms with Crippen molar-refractivity contribution < 1.29 is 9.53 Å². The van der Waals surface area contributed by atoms with Gasteiger partial charge in [0.15, 0.2) is 0 Å². The molecule has 2 aliphatic heterocycles. The molecule has 0 bridgehead atoms. The summed E-state index contributed by atoms with van der Waals surface area (Å²) in [6.07, 6.45) is 3.87. The summed E-state index contributed by atoms with van der Waals surface area (Å²) in [4.78, 5) is 14.2. The van der Waals surface area contributed by atoms with E-state index in [1.165, 1.54) is 19.4 Å². The molecule has 0 saturated carbocycles. The van der Waals surface area contributed by atoms with Gasteiger partial charge in [0.2, 0.25) is 5.91 Å². The zero-order valence-corrected chi connectivity index (χ0v) is 12.2. The van der Waals surface area contributed by atoms with Crippen LogP contribution in [0.2, 0.25) is 0 Å². The van der Waals surface area contributed by atoms with Crippen LogP contribution in [0.4, 0.5) is 0 Å². The second kappa shape index (κ2) is 6.20. The van der Waals surface area contributed by atoms with Gasteiger partial charge in [-0.15, -0.1) is 0 Å². The van der Waals surface area contributed by atoms with Gasteiger partial charge in [-0.25, -0.2) is 0 Å².